The van der Waals surface area contributed by atoms with Gasteiger partial charge in [0.15, 0.2) is 5.96 Å². The fourth-order valence-corrected chi connectivity index (χ4v) is 2.57. The van der Waals surface area contributed by atoms with Crippen LogP contribution in [0, 0.1) is 0 Å². The average molecular weight is 334 g/mol. The molecule has 2 heterocycles. The third-order valence-corrected chi connectivity index (χ3v) is 3.76. The molecule has 7 heteroatoms. The molecule has 7 nitrogen and oxygen atoms in total. The summed E-state index contributed by atoms with van der Waals surface area (Å²) in [7, 11) is 0. The Bertz CT molecular complexity index is 485. The van der Waals surface area contributed by atoms with Gasteiger partial charge in [0, 0.05) is 58.3 Å². The molecule has 0 bridgehead atoms. The molecule has 0 aliphatic carbocycles. The molecule has 1 aliphatic rings. The van der Waals surface area contributed by atoms with E-state index in [9.17, 15) is 0 Å². The van der Waals surface area contributed by atoms with E-state index in [1.807, 2.05) is 6.07 Å². The highest BCUT2D eigenvalue weighted by molar-refractivity contribution is 5.80. The summed E-state index contributed by atoms with van der Waals surface area (Å²) in [5.41, 5.74) is 0. The largest absolute Gasteiger partial charge is 0.379 e. The van der Waals surface area contributed by atoms with Crippen molar-refractivity contribution in [2.45, 2.75) is 33.3 Å². The molecule has 1 aromatic heterocycles. The van der Waals surface area contributed by atoms with Gasteiger partial charge in [0.1, 0.15) is 0 Å². The van der Waals surface area contributed by atoms with Crippen molar-refractivity contribution < 1.29 is 4.74 Å². The number of hydrogen-bond acceptors (Lipinski definition) is 5. The normalized spacial score (nSPS) is 15.9. The van der Waals surface area contributed by atoms with Crippen LogP contribution in [0.2, 0.25) is 0 Å². The second-order valence-corrected chi connectivity index (χ2v) is 6.03. The summed E-state index contributed by atoms with van der Waals surface area (Å²) in [6, 6.07) is 1.85. The fourth-order valence-electron chi connectivity index (χ4n) is 2.57. The third kappa shape index (κ3) is 5.96. The van der Waals surface area contributed by atoms with Crippen LogP contribution in [0.15, 0.2) is 23.5 Å². The summed E-state index contributed by atoms with van der Waals surface area (Å²) < 4.78 is 5.57. The molecular formula is C17H30N6O. The Kier molecular flexibility index (Phi) is 7.74. The van der Waals surface area contributed by atoms with Crippen molar-refractivity contribution >= 4 is 11.9 Å². The molecule has 0 radical (unpaired) electrons. The lowest BCUT2D eigenvalue weighted by Crippen LogP contribution is -2.53. The van der Waals surface area contributed by atoms with E-state index in [2.05, 4.69) is 45.9 Å². The number of hydrogen-bond donors (Lipinski definition) is 1. The minimum absolute atomic E-state index is 0.287. The summed E-state index contributed by atoms with van der Waals surface area (Å²) in [4.78, 5) is 17.9. The van der Waals surface area contributed by atoms with E-state index < -0.39 is 0 Å². The van der Waals surface area contributed by atoms with E-state index in [-0.39, 0.29) is 6.10 Å². The highest BCUT2D eigenvalue weighted by atomic mass is 16.5. The summed E-state index contributed by atoms with van der Waals surface area (Å²) in [5.74, 6) is 1.81. The quantitative estimate of drug-likeness (QED) is 0.462. The molecule has 134 valence electrons. The maximum atomic E-state index is 5.57. The van der Waals surface area contributed by atoms with Gasteiger partial charge in [-0.05, 0) is 33.3 Å². The lowest BCUT2D eigenvalue weighted by molar-refractivity contribution is 0.0782. The Balaban J connectivity index is 1.81. The Morgan fingerprint density at radius 1 is 1.25 bits per heavy atom. The standard InChI is InChI=1S/C17H30N6O/c1-4-18-16(21-9-6-14-24-15(2)3)22-10-12-23(13-11-22)17-19-7-5-8-20-17/h5,7-8,15H,4,6,9-14H2,1-3H3,(H,18,21). The van der Waals surface area contributed by atoms with Gasteiger partial charge in [-0.1, -0.05) is 0 Å². The van der Waals surface area contributed by atoms with Crippen molar-refractivity contribution in [1.29, 1.82) is 0 Å². The number of aliphatic imine (C=N–C) groups is 1. The molecule has 0 spiro atoms. The number of nitrogens with zero attached hydrogens (tertiary/aromatic N) is 5. The van der Waals surface area contributed by atoms with Gasteiger partial charge < -0.3 is 19.9 Å². The number of ether oxygens (including phenoxy) is 1. The SMILES string of the molecule is CCNC(=NCCCOC(C)C)N1CCN(c2ncccn2)CC1. The first-order valence-corrected chi connectivity index (χ1v) is 8.87. The molecule has 1 fully saturated rings. The van der Waals surface area contributed by atoms with Crippen LogP contribution in [-0.4, -0.2) is 72.8 Å². The number of guanidine groups is 1. The second-order valence-electron chi connectivity index (χ2n) is 6.03. The average Bonchev–Trinajstić information content (AvgIpc) is 2.61. The first kappa shape index (κ1) is 18.4. The zero-order valence-electron chi connectivity index (χ0n) is 15.1. The molecule has 0 amide bonds. The molecule has 1 aliphatic heterocycles. The summed E-state index contributed by atoms with van der Waals surface area (Å²) in [5, 5.41) is 3.39. The van der Waals surface area contributed by atoms with Crippen molar-refractivity contribution in [2.24, 2.45) is 4.99 Å². The van der Waals surface area contributed by atoms with Crippen LogP contribution in [0.25, 0.3) is 0 Å². The number of anilines is 1. The highest BCUT2D eigenvalue weighted by Crippen LogP contribution is 2.09. The smallest absolute Gasteiger partial charge is 0.225 e. The predicted molar refractivity (Wildman–Crippen MR) is 97.5 cm³/mol. The number of aromatic nitrogens is 2. The van der Waals surface area contributed by atoms with E-state index in [0.29, 0.717) is 0 Å². The minimum Gasteiger partial charge on any atom is -0.379 e. The van der Waals surface area contributed by atoms with Crippen LogP contribution >= 0.6 is 0 Å². The molecule has 0 atom stereocenters. The van der Waals surface area contributed by atoms with Gasteiger partial charge in [-0.25, -0.2) is 9.97 Å². The van der Waals surface area contributed by atoms with Crippen molar-refractivity contribution in [2.75, 3.05) is 50.8 Å². The predicted octanol–water partition coefficient (Wildman–Crippen LogP) is 1.38. The zero-order chi connectivity index (χ0) is 17.2. The van der Waals surface area contributed by atoms with Gasteiger partial charge in [-0.2, -0.15) is 0 Å². The zero-order valence-corrected chi connectivity index (χ0v) is 15.1. The molecule has 1 aromatic rings. The highest BCUT2D eigenvalue weighted by Gasteiger charge is 2.20. The van der Waals surface area contributed by atoms with E-state index in [0.717, 1.165) is 64.2 Å². The first-order chi connectivity index (χ1) is 11.7. The van der Waals surface area contributed by atoms with Crippen LogP contribution < -0.4 is 10.2 Å². The number of rotatable bonds is 7. The van der Waals surface area contributed by atoms with E-state index in [4.69, 9.17) is 9.73 Å². The van der Waals surface area contributed by atoms with Crippen LogP contribution in [0.4, 0.5) is 5.95 Å². The van der Waals surface area contributed by atoms with Crippen molar-refractivity contribution in [1.82, 2.24) is 20.2 Å². The summed E-state index contributed by atoms with van der Waals surface area (Å²) in [6.07, 6.45) is 4.82. The van der Waals surface area contributed by atoms with E-state index in [1.165, 1.54) is 0 Å². The van der Waals surface area contributed by atoms with Crippen LogP contribution in [0.5, 0.6) is 0 Å². The molecule has 1 saturated heterocycles. The first-order valence-electron chi connectivity index (χ1n) is 8.87. The Morgan fingerprint density at radius 3 is 2.58 bits per heavy atom. The Morgan fingerprint density at radius 2 is 1.96 bits per heavy atom. The van der Waals surface area contributed by atoms with E-state index >= 15 is 0 Å². The topological polar surface area (TPSA) is 65.9 Å². The maximum Gasteiger partial charge on any atom is 0.225 e. The fraction of sp³-hybridized carbons (Fsp3) is 0.706. The molecular weight excluding hydrogens is 304 g/mol. The van der Waals surface area contributed by atoms with Gasteiger partial charge in [-0.15, -0.1) is 0 Å². The van der Waals surface area contributed by atoms with Crippen LogP contribution in [0.3, 0.4) is 0 Å². The Hall–Kier alpha value is -1.89. The van der Waals surface area contributed by atoms with Gasteiger partial charge in [0.05, 0.1) is 6.10 Å². The van der Waals surface area contributed by atoms with Crippen molar-refractivity contribution in [3.8, 4) is 0 Å². The number of piperazine rings is 1. The molecule has 24 heavy (non-hydrogen) atoms. The molecule has 1 N–H and O–H groups in total. The van der Waals surface area contributed by atoms with Gasteiger partial charge in [0.2, 0.25) is 5.95 Å². The van der Waals surface area contributed by atoms with Gasteiger partial charge in [0.25, 0.3) is 0 Å². The van der Waals surface area contributed by atoms with Crippen LogP contribution in [-0.2, 0) is 4.74 Å². The molecule has 0 aromatic carbocycles. The third-order valence-electron chi connectivity index (χ3n) is 3.76. The van der Waals surface area contributed by atoms with Gasteiger partial charge in [-0.3, -0.25) is 4.99 Å². The molecule has 2 rings (SSSR count). The molecule has 0 saturated carbocycles. The van der Waals surface area contributed by atoms with Crippen LogP contribution in [0.1, 0.15) is 27.2 Å². The summed E-state index contributed by atoms with van der Waals surface area (Å²) in [6.45, 7) is 12.3. The van der Waals surface area contributed by atoms with Gasteiger partial charge >= 0.3 is 0 Å². The van der Waals surface area contributed by atoms with E-state index in [1.54, 1.807) is 12.4 Å². The van der Waals surface area contributed by atoms with Crippen molar-refractivity contribution in [3.05, 3.63) is 18.5 Å². The lowest BCUT2D eigenvalue weighted by atomic mass is 10.3. The monoisotopic (exact) mass is 334 g/mol. The minimum atomic E-state index is 0.287. The second kappa shape index (κ2) is 10.1. The lowest BCUT2D eigenvalue weighted by Gasteiger charge is -2.36. The Labute approximate surface area is 145 Å². The van der Waals surface area contributed by atoms with Crippen molar-refractivity contribution in [3.63, 3.8) is 0 Å². The molecule has 0 unspecified atom stereocenters. The maximum absolute atomic E-state index is 5.57. The number of nitrogens with one attached hydrogen (secondary N) is 1. The summed E-state index contributed by atoms with van der Waals surface area (Å²) >= 11 is 0.